The van der Waals surface area contributed by atoms with E-state index in [9.17, 15) is 9.18 Å². The van der Waals surface area contributed by atoms with Crippen molar-refractivity contribution in [3.05, 3.63) is 29.4 Å². The second-order valence-electron chi connectivity index (χ2n) is 9.01. The molecule has 6 heteroatoms. The Balaban J connectivity index is 1.46. The Bertz CT molecular complexity index is 841. The average Bonchev–Trinajstić information content (AvgIpc) is 3.20. The van der Waals surface area contributed by atoms with E-state index in [1.54, 1.807) is 23.5 Å². The lowest BCUT2D eigenvalue weighted by Crippen LogP contribution is -2.47. The maximum Gasteiger partial charge on any atom is 0.222 e. The van der Waals surface area contributed by atoms with Crippen LogP contribution in [0.4, 0.5) is 10.1 Å². The molecule has 1 aromatic carbocycles. The van der Waals surface area contributed by atoms with E-state index >= 15 is 0 Å². The van der Waals surface area contributed by atoms with Crippen LogP contribution >= 0.6 is 11.3 Å². The van der Waals surface area contributed by atoms with Crippen LogP contribution in [0.1, 0.15) is 65.7 Å². The standard InChI is InChI=1S/C26H40FN3OS/c1-4-8-22(9-5-2)30(13-6-3)26(31)10-7-14-28-15-17-29(18-16-28)24-20-32-25-19-21(27)11-12-23(24)25/h11-12,19-20,22H,4-10,13-18H2,1-3H3. The van der Waals surface area contributed by atoms with Gasteiger partial charge in [0.05, 0.1) is 5.69 Å². The molecule has 1 aliphatic rings. The highest BCUT2D eigenvalue weighted by atomic mass is 32.1. The van der Waals surface area contributed by atoms with Crippen LogP contribution in [0.2, 0.25) is 0 Å². The molecule has 2 heterocycles. The SMILES string of the molecule is CCCC(CCC)N(CCC)C(=O)CCCN1CCN(c2csc3cc(F)ccc23)CC1. The molecular formula is C26H40FN3OS. The Morgan fingerprint density at radius 2 is 1.81 bits per heavy atom. The number of rotatable bonds is 12. The molecule has 0 spiro atoms. The van der Waals surface area contributed by atoms with Gasteiger partial charge in [-0.05, 0) is 50.4 Å². The highest BCUT2D eigenvalue weighted by molar-refractivity contribution is 7.17. The molecular weight excluding hydrogens is 421 g/mol. The molecule has 32 heavy (non-hydrogen) atoms. The summed E-state index contributed by atoms with van der Waals surface area (Å²) >= 11 is 1.62. The van der Waals surface area contributed by atoms with Gasteiger partial charge in [-0.3, -0.25) is 9.69 Å². The van der Waals surface area contributed by atoms with E-state index in [1.165, 1.54) is 5.69 Å². The van der Waals surface area contributed by atoms with E-state index in [0.717, 1.165) is 87.9 Å². The average molecular weight is 462 g/mol. The van der Waals surface area contributed by atoms with Gasteiger partial charge in [0.1, 0.15) is 5.82 Å². The molecule has 1 aromatic heterocycles. The van der Waals surface area contributed by atoms with Crippen LogP contribution in [0.25, 0.3) is 10.1 Å². The molecule has 0 unspecified atom stereocenters. The lowest BCUT2D eigenvalue weighted by atomic mass is 10.0. The van der Waals surface area contributed by atoms with Crippen molar-refractivity contribution in [3.8, 4) is 0 Å². The second kappa shape index (κ2) is 12.5. The lowest BCUT2D eigenvalue weighted by Gasteiger charge is -2.36. The molecule has 0 aliphatic carbocycles. The van der Waals surface area contributed by atoms with Gasteiger partial charge in [0.15, 0.2) is 0 Å². The Kier molecular flexibility index (Phi) is 9.79. The third-order valence-electron chi connectivity index (χ3n) is 6.56. The minimum atomic E-state index is -0.168. The van der Waals surface area contributed by atoms with Crippen LogP contribution in [-0.2, 0) is 4.79 Å². The van der Waals surface area contributed by atoms with E-state index in [1.807, 2.05) is 6.07 Å². The van der Waals surface area contributed by atoms with Crippen LogP contribution in [0, 0.1) is 5.82 Å². The quantitative estimate of drug-likeness (QED) is 0.379. The van der Waals surface area contributed by atoms with Crippen molar-refractivity contribution < 1.29 is 9.18 Å². The summed E-state index contributed by atoms with van der Waals surface area (Å²) < 4.78 is 14.5. The van der Waals surface area contributed by atoms with Crippen LogP contribution in [0.3, 0.4) is 0 Å². The molecule has 3 rings (SSSR count). The number of hydrogen-bond donors (Lipinski definition) is 0. The lowest BCUT2D eigenvalue weighted by molar-refractivity contribution is -0.134. The van der Waals surface area contributed by atoms with Crippen molar-refractivity contribution in [2.45, 2.75) is 71.8 Å². The van der Waals surface area contributed by atoms with Crippen molar-refractivity contribution >= 4 is 33.0 Å². The highest BCUT2D eigenvalue weighted by Crippen LogP contribution is 2.34. The summed E-state index contributed by atoms with van der Waals surface area (Å²) in [5.41, 5.74) is 1.23. The van der Waals surface area contributed by atoms with Gasteiger partial charge in [0.25, 0.3) is 0 Å². The van der Waals surface area contributed by atoms with Gasteiger partial charge in [0, 0.05) is 60.7 Å². The first kappa shape index (κ1) is 25.0. The van der Waals surface area contributed by atoms with E-state index < -0.39 is 0 Å². The molecule has 0 saturated carbocycles. The number of nitrogens with zero attached hydrogens (tertiary/aromatic N) is 3. The number of piperazine rings is 1. The van der Waals surface area contributed by atoms with Crippen LogP contribution in [0.5, 0.6) is 0 Å². The number of fused-ring (bicyclic) bond motifs is 1. The zero-order valence-corrected chi connectivity index (χ0v) is 20.9. The summed E-state index contributed by atoms with van der Waals surface area (Å²) in [4.78, 5) is 20.1. The summed E-state index contributed by atoms with van der Waals surface area (Å²) in [5, 5.41) is 3.31. The topological polar surface area (TPSA) is 26.8 Å². The fraction of sp³-hybridized carbons (Fsp3) is 0.654. The monoisotopic (exact) mass is 461 g/mol. The first-order chi connectivity index (χ1) is 15.6. The van der Waals surface area contributed by atoms with Gasteiger partial charge < -0.3 is 9.80 Å². The van der Waals surface area contributed by atoms with Gasteiger partial charge in [-0.1, -0.05) is 33.6 Å². The second-order valence-corrected chi connectivity index (χ2v) is 9.92. The van der Waals surface area contributed by atoms with Crippen molar-refractivity contribution in [1.82, 2.24) is 9.80 Å². The molecule has 178 valence electrons. The van der Waals surface area contributed by atoms with E-state index in [2.05, 4.69) is 40.9 Å². The molecule has 4 nitrogen and oxygen atoms in total. The fourth-order valence-electron chi connectivity index (χ4n) is 4.92. The van der Waals surface area contributed by atoms with Gasteiger partial charge in [-0.2, -0.15) is 0 Å². The summed E-state index contributed by atoms with van der Waals surface area (Å²) in [6.07, 6.45) is 7.13. The molecule has 0 bridgehead atoms. The Morgan fingerprint density at radius 3 is 2.47 bits per heavy atom. The molecule has 1 amide bonds. The minimum Gasteiger partial charge on any atom is -0.368 e. The molecule has 1 saturated heterocycles. The smallest absolute Gasteiger partial charge is 0.222 e. The van der Waals surface area contributed by atoms with Crippen molar-refractivity contribution in [2.75, 3.05) is 44.2 Å². The van der Waals surface area contributed by atoms with E-state index in [0.29, 0.717) is 18.4 Å². The zero-order valence-electron chi connectivity index (χ0n) is 20.1. The molecule has 0 N–H and O–H groups in total. The predicted octanol–water partition coefficient (Wildman–Crippen LogP) is 6.15. The van der Waals surface area contributed by atoms with Gasteiger partial charge in [0.2, 0.25) is 5.91 Å². The van der Waals surface area contributed by atoms with Crippen LogP contribution < -0.4 is 4.90 Å². The summed E-state index contributed by atoms with van der Waals surface area (Å²) in [7, 11) is 0. The Morgan fingerprint density at radius 1 is 1.09 bits per heavy atom. The molecule has 2 aromatic rings. The predicted molar refractivity (Wildman–Crippen MR) is 135 cm³/mol. The van der Waals surface area contributed by atoms with Crippen molar-refractivity contribution in [3.63, 3.8) is 0 Å². The summed E-state index contributed by atoms with van der Waals surface area (Å²) in [6, 6.07) is 5.50. The van der Waals surface area contributed by atoms with Crippen LogP contribution in [-0.4, -0.2) is 61.0 Å². The fourth-order valence-corrected chi connectivity index (χ4v) is 5.91. The van der Waals surface area contributed by atoms with E-state index in [-0.39, 0.29) is 5.82 Å². The number of amides is 1. The molecule has 1 aliphatic heterocycles. The number of benzene rings is 1. The molecule has 0 radical (unpaired) electrons. The maximum absolute atomic E-state index is 13.5. The maximum atomic E-state index is 13.5. The zero-order chi connectivity index (χ0) is 22.9. The number of carbonyl (C=O) groups excluding carboxylic acids is 1. The third kappa shape index (κ3) is 6.44. The largest absolute Gasteiger partial charge is 0.368 e. The van der Waals surface area contributed by atoms with Crippen molar-refractivity contribution in [2.24, 2.45) is 0 Å². The number of carbonyl (C=O) groups is 1. The first-order valence-electron chi connectivity index (χ1n) is 12.5. The van der Waals surface area contributed by atoms with Gasteiger partial charge >= 0.3 is 0 Å². The number of anilines is 1. The van der Waals surface area contributed by atoms with Gasteiger partial charge in [-0.25, -0.2) is 4.39 Å². The number of halogens is 1. The first-order valence-corrected chi connectivity index (χ1v) is 13.4. The normalized spacial score (nSPS) is 15.1. The Hall–Kier alpha value is -1.66. The molecule has 0 atom stereocenters. The minimum absolute atomic E-state index is 0.168. The number of hydrogen-bond acceptors (Lipinski definition) is 4. The third-order valence-corrected chi connectivity index (χ3v) is 7.50. The van der Waals surface area contributed by atoms with Gasteiger partial charge in [-0.15, -0.1) is 11.3 Å². The van der Waals surface area contributed by atoms with E-state index in [4.69, 9.17) is 0 Å². The van der Waals surface area contributed by atoms with Crippen molar-refractivity contribution in [1.29, 1.82) is 0 Å². The van der Waals surface area contributed by atoms with Crippen LogP contribution in [0.15, 0.2) is 23.6 Å². The summed E-state index contributed by atoms with van der Waals surface area (Å²) in [5.74, 6) is 0.174. The number of thiophene rings is 1. The highest BCUT2D eigenvalue weighted by Gasteiger charge is 2.23. The Labute approximate surface area is 197 Å². The summed E-state index contributed by atoms with van der Waals surface area (Å²) in [6.45, 7) is 12.5. The molecule has 1 fully saturated rings.